The van der Waals surface area contributed by atoms with Gasteiger partial charge in [-0.2, -0.15) is 0 Å². The molecule has 5 heteroatoms. The second-order valence-corrected chi connectivity index (χ2v) is 2.53. The molecule has 0 radical (unpaired) electrons. The maximum Gasteiger partial charge on any atom is 0.407 e. The predicted molar refractivity (Wildman–Crippen MR) is 46.4 cm³/mol. The van der Waals surface area contributed by atoms with Crippen LogP contribution in [-0.4, -0.2) is 29.8 Å². The van der Waals surface area contributed by atoms with Gasteiger partial charge in [0.25, 0.3) is 0 Å². The molecule has 13 heavy (non-hydrogen) atoms. The van der Waals surface area contributed by atoms with Crippen LogP contribution in [0.5, 0.6) is 0 Å². The van der Waals surface area contributed by atoms with Crippen LogP contribution in [0.25, 0.3) is 0 Å². The van der Waals surface area contributed by atoms with Gasteiger partial charge in [-0.1, -0.05) is 12.7 Å². The highest BCUT2D eigenvalue weighted by Crippen LogP contribution is 1.91. The smallest absolute Gasteiger partial charge is 0.407 e. The lowest BCUT2D eigenvalue weighted by molar-refractivity contribution is -0.137. The van der Waals surface area contributed by atoms with Crippen molar-refractivity contribution in [3.8, 4) is 0 Å². The summed E-state index contributed by atoms with van der Waals surface area (Å²) in [6.45, 7) is 5.06. The zero-order chi connectivity index (χ0) is 10.3. The molecular weight excluding hydrogens is 174 g/mol. The summed E-state index contributed by atoms with van der Waals surface area (Å²) < 4.78 is 4.58. The first-order chi connectivity index (χ1) is 6.06. The molecule has 0 rings (SSSR count). The Balaban J connectivity index is 3.64. The minimum absolute atomic E-state index is 0.117. The van der Waals surface area contributed by atoms with Crippen LogP contribution in [0.2, 0.25) is 0 Å². The second kappa shape index (κ2) is 6.05. The molecule has 0 saturated carbocycles. The summed E-state index contributed by atoms with van der Waals surface area (Å²) in [5.74, 6) is -0.962. The lowest BCUT2D eigenvalue weighted by Gasteiger charge is -2.10. The van der Waals surface area contributed by atoms with Crippen LogP contribution < -0.4 is 5.32 Å². The van der Waals surface area contributed by atoms with E-state index in [9.17, 15) is 9.59 Å². The monoisotopic (exact) mass is 187 g/mol. The normalized spacial score (nSPS) is 11.5. The lowest BCUT2D eigenvalue weighted by atomic mass is 10.2. The molecule has 74 valence electrons. The fourth-order valence-corrected chi connectivity index (χ4v) is 0.690. The first-order valence-electron chi connectivity index (χ1n) is 3.82. The van der Waals surface area contributed by atoms with Gasteiger partial charge >= 0.3 is 12.1 Å². The van der Waals surface area contributed by atoms with Crippen LogP contribution in [0.15, 0.2) is 12.7 Å². The molecule has 0 aliphatic heterocycles. The topological polar surface area (TPSA) is 75.6 Å². The Morgan fingerprint density at radius 1 is 1.69 bits per heavy atom. The van der Waals surface area contributed by atoms with Gasteiger partial charge in [-0.25, -0.2) is 4.79 Å². The molecule has 0 aliphatic carbocycles. The molecule has 0 heterocycles. The number of amides is 1. The largest absolute Gasteiger partial charge is 0.481 e. The van der Waals surface area contributed by atoms with Crippen LogP contribution in [-0.2, 0) is 9.53 Å². The van der Waals surface area contributed by atoms with E-state index < -0.39 is 18.1 Å². The Morgan fingerprint density at radius 2 is 2.31 bits per heavy atom. The first-order valence-corrected chi connectivity index (χ1v) is 3.82. The van der Waals surface area contributed by atoms with Crippen molar-refractivity contribution in [1.29, 1.82) is 0 Å². The first kappa shape index (κ1) is 11.5. The minimum atomic E-state index is -0.962. The highest BCUT2D eigenvalue weighted by molar-refractivity contribution is 5.71. The standard InChI is InChI=1S/C8H13NO4/c1-3-4-13-8(12)9-6(2)5-7(10)11/h3,6H,1,4-5H2,2H3,(H,9,12)(H,10,11)/t6-/m0/s1. The number of carbonyl (C=O) groups excluding carboxylic acids is 1. The summed E-state index contributed by atoms with van der Waals surface area (Å²) in [5, 5.41) is 10.7. The summed E-state index contributed by atoms with van der Waals surface area (Å²) in [5.41, 5.74) is 0. The third-order valence-corrected chi connectivity index (χ3v) is 1.18. The highest BCUT2D eigenvalue weighted by Gasteiger charge is 2.10. The number of rotatable bonds is 5. The second-order valence-electron chi connectivity index (χ2n) is 2.53. The van der Waals surface area contributed by atoms with Crippen molar-refractivity contribution in [3.63, 3.8) is 0 Å². The number of aliphatic carboxylic acids is 1. The van der Waals surface area contributed by atoms with Crippen LogP contribution >= 0.6 is 0 Å². The summed E-state index contributed by atoms with van der Waals surface area (Å²) in [6, 6.07) is -0.435. The lowest BCUT2D eigenvalue weighted by Crippen LogP contribution is -2.34. The van der Waals surface area contributed by atoms with Gasteiger partial charge in [0, 0.05) is 6.04 Å². The van der Waals surface area contributed by atoms with Gasteiger partial charge in [0.1, 0.15) is 6.61 Å². The Hall–Kier alpha value is -1.52. The summed E-state index contributed by atoms with van der Waals surface area (Å²) in [7, 11) is 0. The molecule has 0 unspecified atom stereocenters. The van der Waals surface area contributed by atoms with E-state index in [0.29, 0.717) is 0 Å². The van der Waals surface area contributed by atoms with Gasteiger partial charge in [-0.05, 0) is 6.92 Å². The maximum absolute atomic E-state index is 10.8. The number of hydrogen-bond donors (Lipinski definition) is 2. The Kier molecular flexibility index (Phi) is 5.34. The molecule has 2 N–H and O–H groups in total. The Labute approximate surface area is 76.4 Å². The minimum Gasteiger partial charge on any atom is -0.481 e. The van der Waals surface area contributed by atoms with Crippen molar-refractivity contribution in [3.05, 3.63) is 12.7 Å². The maximum atomic E-state index is 10.8. The number of ether oxygens (including phenoxy) is 1. The van der Waals surface area contributed by atoms with Crippen molar-refractivity contribution in [1.82, 2.24) is 5.32 Å². The molecular formula is C8H13NO4. The third-order valence-electron chi connectivity index (χ3n) is 1.18. The molecule has 1 atom stereocenters. The van der Waals surface area contributed by atoms with Crippen LogP contribution in [0.4, 0.5) is 4.79 Å². The number of alkyl carbamates (subject to hydrolysis) is 1. The summed E-state index contributed by atoms with van der Waals surface area (Å²) >= 11 is 0. The van der Waals surface area contributed by atoms with E-state index in [1.54, 1.807) is 6.92 Å². The summed E-state index contributed by atoms with van der Waals surface area (Å²) in [4.78, 5) is 21.0. The van der Waals surface area contributed by atoms with Crippen molar-refractivity contribution in [2.45, 2.75) is 19.4 Å². The van der Waals surface area contributed by atoms with Gasteiger partial charge in [-0.15, -0.1) is 0 Å². The van der Waals surface area contributed by atoms with Crippen LogP contribution in [0, 0.1) is 0 Å². The van der Waals surface area contributed by atoms with Gasteiger partial charge < -0.3 is 15.2 Å². The van der Waals surface area contributed by atoms with Gasteiger partial charge in [-0.3, -0.25) is 4.79 Å². The molecule has 0 saturated heterocycles. The van der Waals surface area contributed by atoms with Crippen LogP contribution in [0.3, 0.4) is 0 Å². The molecule has 1 amide bonds. The molecule has 0 fully saturated rings. The number of carboxylic acid groups (broad SMARTS) is 1. The molecule has 0 aromatic rings. The zero-order valence-electron chi connectivity index (χ0n) is 7.45. The Bertz CT molecular complexity index is 202. The quantitative estimate of drug-likeness (QED) is 0.623. The van der Waals surface area contributed by atoms with Crippen molar-refractivity contribution in [2.24, 2.45) is 0 Å². The molecule has 0 aliphatic rings. The van der Waals surface area contributed by atoms with E-state index in [0.717, 1.165) is 0 Å². The molecule has 0 aromatic heterocycles. The number of hydrogen-bond acceptors (Lipinski definition) is 3. The van der Waals surface area contributed by atoms with Gasteiger partial charge in [0.2, 0.25) is 0 Å². The molecule has 5 nitrogen and oxygen atoms in total. The number of nitrogens with one attached hydrogen (secondary N) is 1. The third kappa shape index (κ3) is 6.86. The molecule has 0 aromatic carbocycles. The van der Waals surface area contributed by atoms with Gasteiger partial charge in [0.15, 0.2) is 0 Å². The van der Waals surface area contributed by atoms with E-state index in [2.05, 4.69) is 16.6 Å². The van der Waals surface area contributed by atoms with E-state index in [1.807, 2.05) is 0 Å². The Morgan fingerprint density at radius 3 is 2.77 bits per heavy atom. The van der Waals surface area contributed by atoms with Crippen molar-refractivity contribution < 1.29 is 19.4 Å². The molecule has 0 spiro atoms. The zero-order valence-corrected chi connectivity index (χ0v) is 7.45. The fourth-order valence-electron chi connectivity index (χ4n) is 0.690. The predicted octanol–water partition coefficient (Wildman–Crippen LogP) is 0.762. The number of carbonyl (C=O) groups is 2. The average Bonchev–Trinajstić information content (AvgIpc) is 1.98. The number of carboxylic acids is 1. The fraction of sp³-hybridized carbons (Fsp3) is 0.500. The van der Waals surface area contributed by atoms with E-state index in [-0.39, 0.29) is 13.0 Å². The van der Waals surface area contributed by atoms with E-state index >= 15 is 0 Å². The SMILES string of the molecule is C=CCOC(=O)N[C@@H](C)CC(=O)O. The highest BCUT2D eigenvalue weighted by atomic mass is 16.5. The van der Waals surface area contributed by atoms with E-state index in [1.165, 1.54) is 6.08 Å². The van der Waals surface area contributed by atoms with Gasteiger partial charge in [0.05, 0.1) is 6.42 Å². The van der Waals surface area contributed by atoms with Crippen LogP contribution in [0.1, 0.15) is 13.3 Å². The van der Waals surface area contributed by atoms with E-state index in [4.69, 9.17) is 5.11 Å². The average molecular weight is 187 g/mol. The van der Waals surface area contributed by atoms with Crippen molar-refractivity contribution >= 4 is 12.1 Å². The van der Waals surface area contributed by atoms with Crippen molar-refractivity contribution in [2.75, 3.05) is 6.61 Å². The molecule has 0 bridgehead atoms. The summed E-state index contributed by atoms with van der Waals surface area (Å²) in [6.07, 6.45) is 0.679.